The van der Waals surface area contributed by atoms with E-state index in [-0.39, 0.29) is 13.1 Å². The molecule has 1 aromatic carbocycles. The summed E-state index contributed by atoms with van der Waals surface area (Å²) < 4.78 is 24.5. The van der Waals surface area contributed by atoms with Gasteiger partial charge in [-0.05, 0) is 17.7 Å². The van der Waals surface area contributed by atoms with Crippen molar-refractivity contribution in [2.45, 2.75) is 6.54 Å². The monoisotopic (exact) mass is 277 g/mol. The van der Waals surface area contributed by atoms with Gasteiger partial charge in [0.2, 0.25) is 10.0 Å². The summed E-state index contributed by atoms with van der Waals surface area (Å²) in [5.74, 6) is 5.11. The minimum Gasteiger partial charge on any atom is -0.320 e. The molecule has 100 valence electrons. The van der Waals surface area contributed by atoms with Crippen LogP contribution in [0.15, 0.2) is 24.3 Å². The Morgan fingerprint density at radius 2 is 2.16 bits per heavy atom. The lowest BCUT2D eigenvalue weighted by Crippen LogP contribution is -2.28. The van der Waals surface area contributed by atoms with Crippen LogP contribution in [-0.4, -0.2) is 32.1 Å². The molecule has 0 aliphatic carbocycles. The first kappa shape index (κ1) is 15.2. The van der Waals surface area contributed by atoms with E-state index in [2.05, 4.69) is 11.8 Å². The molecule has 0 aromatic heterocycles. The molecule has 0 bridgehead atoms. The number of rotatable bonds is 4. The van der Waals surface area contributed by atoms with Gasteiger partial charge in [-0.2, -0.15) is 9.57 Å². The molecule has 0 saturated carbocycles. The number of nitrogens with zero attached hydrogens (tertiary/aromatic N) is 2. The molecule has 0 aliphatic heterocycles. The molecule has 0 amide bonds. The summed E-state index contributed by atoms with van der Waals surface area (Å²) in [5.41, 5.74) is 6.89. The highest BCUT2D eigenvalue weighted by Gasteiger charge is 2.17. The van der Waals surface area contributed by atoms with Crippen LogP contribution >= 0.6 is 0 Å². The van der Waals surface area contributed by atoms with Gasteiger partial charge >= 0.3 is 0 Å². The van der Waals surface area contributed by atoms with E-state index < -0.39 is 15.8 Å². The largest absolute Gasteiger partial charge is 0.320 e. The normalized spacial score (nSPS) is 10.6. The van der Waals surface area contributed by atoms with Gasteiger partial charge in [-0.25, -0.2) is 8.42 Å². The highest BCUT2D eigenvalue weighted by Crippen LogP contribution is 2.09. The second kappa shape index (κ2) is 6.91. The molecule has 2 N–H and O–H groups in total. The summed E-state index contributed by atoms with van der Waals surface area (Å²) >= 11 is 0. The van der Waals surface area contributed by atoms with E-state index in [0.717, 1.165) is 15.4 Å². The summed E-state index contributed by atoms with van der Waals surface area (Å²) in [6, 6.07) is 8.90. The Hall–Kier alpha value is -1.86. The molecule has 6 heteroatoms. The van der Waals surface area contributed by atoms with Gasteiger partial charge in [-0.1, -0.05) is 24.0 Å². The number of benzene rings is 1. The maximum Gasteiger partial charge on any atom is 0.227 e. The van der Waals surface area contributed by atoms with E-state index in [1.807, 2.05) is 12.1 Å². The first-order chi connectivity index (χ1) is 8.99. The first-order valence-corrected chi connectivity index (χ1v) is 7.19. The van der Waals surface area contributed by atoms with Crippen molar-refractivity contribution in [3.63, 3.8) is 0 Å². The summed E-state index contributed by atoms with van der Waals surface area (Å²) in [4.78, 5) is 0. The fraction of sp³-hybridized carbons (Fsp3) is 0.308. The van der Waals surface area contributed by atoms with E-state index in [1.54, 1.807) is 18.2 Å². The van der Waals surface area contributed by atoms with Gasteiger partial charge in [0.15, 0.2) is 5.75 Å². The summed E-state index contributed by atoms with van der Waals surface area (Å²) in [7, 11) is -2.07. The lowest BCUT2D eigenvalue weighted by atomic mass is 10.1. The van der Waals surface area contributed by atoms with Gasteiger partial charge in [0.25, 0.3) is 0 Å². The van der Waals surface area contributed by atoms with Crippen LogP contribution in [0.4, 0.5) is 0 Å². The number of nitrogens with two attached hydrogens (primary N) is 1. The van der Waals surface area contributed by atoms with Gasteiger partial charge < -0.3 is 5.73 Å². The third-order valence-electron chi connectivity index (χ3n) is 2.39. The number of hydrogen-bond donors (Lipinski definition) is 1. The lowest BCUT2D eigenvalue weighted by molar-refractivity contribution is 0.469. The van der Waals surface area contributed by atoms with Crippen molar-refractivity contribution in [1.82, 2.24) is 4.31 Å². The van der Waals surface area contributed by atoms with Crippen LogP contribution in [0.3, 0.4) is 0 Å². The van der Waals surface area contributed by atoms with Crippen LogP contribution in [0, 0.1) is 23.2 Å². The molecule has 0 fully saturated rings. The van der Waals surface area contributed by atoms with E-state index in [0.29, 0.717) is 0 Å². The molecule has 1 rings (SSSR count). The Labute approximate surface area is 113 Å². The molecule has 0 radical (unpaired) electrons. The molecule has 0 unspecified atom stereocenters. The molecule has 19 heavy (non-hydrogen) atoms. The quantitative estimate of drug-likeness (QED) is 0.801. The Kier molecular flexibility index (Phi) is 5.53. The van der Waals surface area contributed by atoms with E-state index in [1.165, 1.54) is 7.05 Å². The van der Waals surface area contributed by atoms with Crippen molar-refractivity contribution >= 4 is 10.0 Å². The smallest absolute Gasteiger partial charge is 0.227 e. The molecule has 1 aromatic rings. The average molecular weight is 277 g/mol. The Balaban J connectivity index is 2.86. The first-order valence-electron chi connectivity index (χ1n) is 5.58. The van der Waals surface area contributed by atoms with Crippen LogP contribution in [-0.2, 0) is 16.6 Å². The Morgan fingerprint density at radius 1 is 1.42 bits per heavy atom. The standard InChI is InChI=1S/C13H15N3O2S/c1-16(19(17,18)9-8-15)11-13-5-2-4-12(10-13)6-3-7-14/h2,4-5,10H,7,9,11,14H2,1H3. The molecule has 0 saturated heterocycles. The maximum atomic E-state index is 11.7. The second-order valence-corrected chi connectivity index (χ2v) is 5.95. The van der Waals surface area contributed by atoms with Crippen LogP contribution < -0.4 is 5.73 Å². The molecule has 0 heterocycles. The maximum absolute atomic E-state index is 11.7. The molecule has 0 atom stereocenters. The minimum absolute atomic E-state index is 0.210. The fourth-order valence-corrected chi connectivity index (χ4v) is 2.18. The fourth-order valence-electron chi connectivity index (χ4n) is 1.45. The zero-order valence-corrected chi connectivity index (χ0v) is 11.4. The highest BCUT2D eigenvalue weighted by atomic mass is 32.2. The van der Waals surface area contributed by atoms with Crippen molar-refractivity contribution in [2.75, 3.05) is 19.3 Å². The third kappa shape index (κ3) is 4.72. The van der Waals surface area contributed by atoms with Crippen molar-refractivity contribution in [1.29, 1.82) is 5.26 Å². The van der Waals surface area contributed by atoms with E-state index >= 15 is 0 Å². The lowest BCUT2D eigenvalue weighted by Gasteiger charge is -2.15. The van der Waals surface area contributed by atoms with Crippen molar-refractivity contribution < 1.29 is 8.42 Å². The van der Waals surface area contributed by atoms with Crippen molar-refractivity contribution in [2.24, 2.45) is 5.73 Å². The van der Waals surface area contributed by atoms with Gasteiger partial charge in [-0.3, -0.25) is 0 Å². The molecule has 5 nitrogen and oxygen atoms in total. The highest BCUT2D eigenvalue weighted by molar-refractivity contribution is 7.89. The van der Waals surface area contributed by atoms with E-state index in [4.69, 9.17) is 11.0 Å². The second-order valence-electron chi connectivity index (χ2n) is 3.88. The number of nitriles is 1. The minimum atomic E-state index is -3.52. The topological polar surface area (TPSA) is 87.2 Å². The van der Waals surface area contributed by atoms with Crippen molar-refractivity contribution in [3.8, 4) is 17.9 Å². The summed E-state index contributed by atoms with van der Waals surface area (Å²) in [5, 5.41) is 8.47. The van der Waals surface area contributed by atoms with Crippen LogP contribution in [0.25, 0.3) is 0 Å². The van der Waals surface area contributed by atoms with Crippen LogP contribution in [0.5, 0.6) is 0 Å². The molecular formula is C13H15N3O2S. The predicted octanol–water partition coefficient (Wildman–Crippen LogP) is 0.282. The van der Waals surface area contributed by atoms with Crippen molar-refractivity contribution in [3.05, 3.63) is 35.4 Å². The molecular weight excluding hydrogens is 262 g/mol. The summed E-state index contributed by atoms with van der Waals surface area (Å²) in [6.07, 6.45) is 0. The average Bonchev–Trinajstić information content (AvgIpc) is 2.36. The SMILES string of the molecule is CN(Cc1cccc(C#CCN)c1)S(=O)(=O)CC#N. The predicted molar refractivity (Wildman–Crippen MR) is 73.2 cm³/mol. The number of hydrogen-bond acceptors (Lipinski definition) is 4. The van der Waals surface area contributed by atoms with Crippen LogP contribution in [0.2, 0.25) is 0 Å². The zero-order chi connectivity index (χ0) is 14.3. The Bertz CT molecular complexity index is 636. The summed E-state index contributed by atoms with van der Waals surface area (Å²) in [6.45, 7) is 0.489. The Morgan fingerprint density at radius 3 is 2.79 bits per heavy atom. The zero-order valence-electron chi connectivity index (χ0n) is 10.6. The van der Waals surface area contributed by atoms with Gasteiger partial charge in [0.1, 0.15) is 0 Å². The number of sulfonamides is 1. The van der Waals surface area contributed by atoms with Crippen LogP contribution in [0.1, 0.15) is 11.1 Å². The van der Waals surface area contributed by atoms with Gasteiger partial charge in [0.05, 0.1) is 12.6 Å². The van der Waals surface area contributed by atoms with Gasteiger partial charge in [0, 0.05) is 19.2 Å². The molecule has 0 spiro atoms. The third-order valence-corrected chi connectivity index (χ3v) is 3.96. The van der Waals surface area contributed by atoms with E-state index in [9.17, 15) is 8.42 Å². The molecule has 0 aliphatic rings. The van der Waals surface area contributed by atoms with Gasteiger partial charge in [-0.15, -0.1) is 0 Å².